The van der Waals surface area contributed by atoms with E-state index in [1.54, 1.807) is 6.33 Å². The molecular weight excluding hydrogens is 222 g/mol. The van der Waals surface area contributed by atoms with Gasteiger partial charge in [0.2, 0.25) is 0 Å². The van der Waals surface area contributed by atoms with E-state index in [1.807, 2.05) is 6.92 Å². The Hall–Kier alpha value is -1.17. The molecule has 0 radical (unpaired) electrons. The van der Waals surface area contributed by atoms with Crippen LogP contribution in [0.5, 0.6) is 0 Å². The minimum absolute atomic E-state index is 0.0546. The third-order valence-corrected chi connectivity index (χ3v) is 2.88. The average Bonchev–Trinajstić information content (AvgIpc) is 2.73. The third-order valence-electron chi connectivity index (χ3n) is 2.47. The van der Waals surface area contributed by atoms with Crippen LogP contribution in [-0.4, -0.2) is 34.4 Å². The van der Waals surface area contributed by atoms with E-state index in [1.165, 1.54) is 0 Å². The maximum absolute atomic E-state index is 4.52. The molecule has 0 aliphatic carbocycles. The summed E-state index contributed by atoms with van der Waals surface area (Å²) in [5.74, 6) is 1.79. The van der Waals surface area contributed by atoms with Crippen LogP contribution in [0.1, 0.15) is 26.0 Å². The van der Waals surface area contributed by atoms with Crippen molar-refractivity contribution in [1.82, 2.24) is 15.3 Å². The van der Waals surface area contributed by atoms with Gasteiger partial charge in [-0.2, -0.15) is 0 Å². The Kier molecular flexibility index (Phi) is 3.38. The summed E-state index contributed by atoms with van der Waals surface area (Å²) in [5, 5.41) is 3.26. The molecule has 0 saturated heterocycles. The van der Waals surface area contributed by atoms with Crippen LogP contribution in [0.4, 0.5) is 5.82 Å². The molecule has 2 N–H and O–H groups in total. The average molecular weight is 239 g/mol. The first-order valence-electron chi connectivity index (χ1n) is 5.57. The number of H-pyrrole nitrogens is 1. The van der Waals surface area contributed by atoms with Gasteiger partial charge in [0, 0.05) is 13.1 Å². The summed E-state index contributed by atoms with van der Waals surface area (Å²) in [6.07, 6.45) is 2.76. The van der Waals surface area contributed by atoms with Crippen LogP contribution in [0.2, 0.25) is 0 Å². The molecule has 1 atom stereocenters. The fraction of sp³-hybridized carbons (Fsp3) is 0.600. The van der Waals surface area contributed by atoms with Crippen molar-refractivity contribution in [2.75, 3.05) is 18.0 Å². The molecule has 16 heavy (non-hydrogen) atoms. The van der Waals surface area contributed by atoms with E-state index in [2.05, 4.69) is 44.7 Å². The van der Waals surface area contributed by atoms with Crippen molar-refractivity contribution in [3.8, 4) is 0 Å². The zero-order chi connectivity index (χ0) is 11.5. The van der Waals surface area contributed by atoms with Crippen molar-refractivity contribution >= 4 is 24.3 Å². The summed E-state index contributed by atoms with van der Waals surface area (Å²) in [6, 6.07) is 0. The molecule has 1 aromatic rings. The summed E-state index contributed by atoms with van der Waals surface area (Å²) in [7, 11) is 0. The molecule has 5 nitrogen and oxygen atoms in total. The van der Waals surface area contributed by atoms with E-state index in [-0.39, 0.29) is 5.50 Å². The summed E-state index contributed by atoms with van der Waals surface area (Å²) in [4.78, 5) is 14.0. The Bertz CT molecular complexity index is 386. The topological polar surface area (TPSA) is 56.3 Å². The van der Waals surface area contributed by atoms with E-state index < -0.39 is 0 Å². The molecule has 2 heterocycles. The lowest BCUT2D eigenvalue weighted by Crippen LogP contribution is -2.50. The molecule has 0 fully saturated rings. The number of hydrogen-bond donors (Lipinski definition) is 3. The van der Waals surface area contributed by atoms with E-state index in [9.17, 15) is 0 Å². The lowest BCUT2D eigenvalue weighted by atomic mass is 10.3. The molecule has 1 aliphatic rings. The largest absolute Gasteiger partial charge is 0.340 e. The van der Waals surface area contributed by atoms with Crippen molar-refractivity contribution < 1.29 is 0 Å². The fourth-order valence-electron chi connectivity index (χ4n) is 1.82. The SMILES string of the molecule is CCCN1c2nc[nH]c2C(=NCC)NC1S. The Morgan fingerprint density at radius 2 is 2.38 bits per heavy atom. The third kappa shape index (κ3) is 1.89. The van der Waals surface area contributed by atoms with Gasteiger partial charge < -0.3 is 15.2 Å². The molecule has 0 amide bonds. The van der Waals surface area contributed by atoms with Crippen molar-refractivity contribution in [3.05, 3.63) is 12.0 Å². The first kappa shape index (κ1) is 11.3. The predicted octanol–water partition coefficient (Wildman–Crippen LogP) is 1.21. The highest BCUT2D eigenvalue weighted by Gasteiger charge is 2.28. The number of nitrogens with zero attached hydrogens (tertiary/aromatic N) is 3. The minimum Gasteiger partial charge on any atom is -0.340 e. The van der Waals surface area contributed by atoms with Gasteiger partial charge >= 0.3 is 0 Å². The monoisotopic (exact) mass is 239 g/mol. The van der Waals surface area contributed by atoms with Gasteiger partial charge in [-0.05, 0) is 13.3 Å². The Labute approximate surface area is 101 Å². The molecule has 0 bridgehead atoms. The van der Waals surface area contributed by atoms with Crippen LogP contribution < -0.4 is 10.2 Å². The Balaban J connectivity index is 2.36. The van der Waals surface area contributed by atoms with Crippen LogP contribution >= 0.6 is 12.6 Å². The number of amidine groups is 1. The highest BCUT2D eigenvalue weighted by atomic mass is 32.1. The molecule has 1 aliphatic heterocycles. The van der Waals surface area contributed by atoms with E-state index in [0.29, 0.717) is 0 Å². The van der Waals surface area contributed by atoms with Gasteiger partial charge in [0.15, 0.2) is 11.7 Å². The van der Waals surface area contributed by atoms with Gasteiger partial charge in [0.05, 0.1) is 6.33 Å². The van der Waals surface area contributed by atoms with Gasteiger partial charge in [-0.15, -0.1) is 12.6 Å². The standard InChI is InChI=1S/C10H17N5S/c1-3-5-15-9-7(12-6-13-9)8(11-4-2)14-10(15)16/h6,10,16H,3-5H2,1-2H3,(H,11,14)(H,12,13). The smallest absolute Gasteiger partial charge is 0.160 e. The second-order valence-corrected chi connectivity index (χ2v) is 4.12. The molecular formula is C10H17N5S. The van der Waals surface area contributed by atoms with Crippen LogP contribution in [0.15, 0.2) is 11.3 Å². The molecule has 0 saturated carbocycles. The van der Waals surface area contributed by atoms with Gasteiger partial charge in [0.1, 0.15) is 11.2 Å². The molecule has 0 spiro atoms. The maximum Gasteiger partial charge on any atom is 0.160 e. The second-order valence-electron chi connectivity index (χ2n) is 3.64. The number of rotatable bonds is 3. The molecule has 1 unspecified atom stereocenters. The molecule has 1 aromatic heterocycles. The predicted molar refractivity (Wildman–Crippen MR) is 69.2 cm³/mol. The maximum atomic E-state index is 4.52. The lowest BCUT2D eigenvalue weighted by Gasteiger charge is -2.34. The number of imidazole rings is 1. The second kappa shape index (κ2) is 4.78. The summed E-state index contributed by atoms with van der Waals surface area (Å²) in [5.41, 5.74) is 0.904. The zero-order valence-corrected chi connectivity index (χ0v) is 10.5. The van der Waals surface area contributed by atoms with Crippen LogP contribution in [-0.2, 0) is 0 Å². The number of anilines is 1. The molecule has 6 heteroatoms. The number of hydrogen-bond acceptors (Lipinski definition) is 4. The Morgan fingerprint density at radius 1 is 1.56 bits per heavy atom. The highest BCUT2D eigenvalue weighted by Crippen LogP contribution is 2.24. The van der Waals surface area contributed by atoms with Gasteiger partial charge in [-0.3, -0.25) is 4.99 Å². The summed E-state index contributed by atoms with van der Waals surface area (Å²) in [6.45, 7) is 5.83. The number of aliphatic imine (C=N–C) groups is 1. The summed E-state index contributed by atoms with van der Waals surface area (Å²) < 4.78 is 0. The number of thiol groups is 1. The van der Waals surface area contributed by atoms with Crippen molar-refractivity contribution in [3.63, 3.8) is 0 Å². The van der Waals surface area contributed by atoms with Crippen molar-refractivity contribution in [2.24, 2.45) is 4.99 Å². The quantitative estimate of drug-likeness (QED) is 0.695. The van der Waals surface area contributed by atoms with Crippen molar-refractivity contribution in [2.45, 2.75) is 25.8 Å². The Morgan fingerprint density at radius 3 is 3.06 bits per heavy atom. The number of aromatic nitrogens is 2. The van der Waals surface area contributed by atoms with Gasteiger partial charge in [-0.25, -0.2) is 4.98 Å². The first-order chi connectivity index (χ1) is 7.77. The number of fused-ring (bicyclic) bond motifs is 1. The lowest BCUT2D eigenvalue weighted by molar-refractivity contribution is 0.678. The zero-order valence-electron chi connectivity index (χ0n) is 9.56. The highest BCUT2D eigenvalue weighted by molar-refractivity contribution is 7.81. The van der Waals surface area contributed by atoms with Crippen LogP contribution in [0.25, 0.3) is 0 Å². The molecule has 88 valence electrons. The normalized spacial score (nSPS) is 22.1. The molecule has 2 rings (SSSR count). The number of nitrogens with one attached hydrogen (secondary N) is 2. The number of aromatic amines is 1. The van der Waals surface area contributed by atoms with E-state index in [0.717, 1.165) is 36.9 Å². The van der Waals surface area contributed by atoms with E-state index >= 15 is 0 Å². The van der Waals surface area contributed by atoms with Gasteiger partial charge in [0.25, 0.3) is 0 Å². The first-order valence-corrected chi connectivity index (χ1v) is 6.09. The fourth-order valence-corrected chi connectivity index (χ4v) is 2.17. The van der Waals surface area contributed by atoms with E-state index in [4.69, 9.17) is 0 Å². The van der Waals surface area contributed by atoms with Crippen LogP contribution in [0.3, 0.4) is 0 Å². The minimum atomic E-state index is -0.0546. The van der Waals surface area contributed by atoms with Crippen LogP contribution in [0, 0.1) is 0 Å². The molecule has 0 aromatic carbocycles. The van der Waals surface area contributed by atoms with Crippen molar-refractivity contribution in [1.29, 1.82) is 0 Å². The van der Waals surface area contributed by atoms with Gasteiger partial charge in [-0.1, -0.05) is 6.92 Å². The summed E-state index contributed by atoms with van der Waals surface area (Å²) >= 11 is 4.52.